The van der Waals surface area contributed by atoms with Gasteiger partial charge in [0, 0.05) is 22.8 Å². The Hall–Kier alpha value is -2.20. The molecule has 0 bridgehead atoms. The molecule has 0 unspecified atom stereocenters. The van der Waals surface area contributed by atoms with Gasteiger partial charge in [-0.2, -0.15) is 0 Å². The van der Waals surface area contributed by atoms with Crippen LogP contribution in [0.15, 0.2) is 48.0 Å². The summed E-state index contributed by atoms with van der Waals surface area (Å²) in [6, 6.07) is 12.0. The number of nitrogen functional groups attached to an aromatic ring is 1. The van der Waals surface area contributed by atoms with E-state index < -0.39 is 0 Å². The Morgan fingerprint density at radius 1 is 1.10 bits per heavy atom. The summed E-state index contributed by atoms with van der Waals surface area (Å²) in [5.41, 5.74) is 10.8. The lowest BCUT2D eigenvalue weighted by Gasteiger charge is -2.01. The molecule has 2 aromatic heterocycles. The van der Waals surface area contributed by atoms with E-state index >= 15 is 0 Å². The van der Waals surface area contributed by atoms with E-state index in [1.54, 1.807) is 11.3 Å². The molecule has 0 aliphatic carbocycles. The van der Waals surface area contributed by atoms with Crippen LogP contribution in [-0.4, -0.2) is 9.97 Å². The average Bonchev–Trinajstić information content (AvgIpc) is 2.98. The van der Waals surface area contributed by atoms with Crippen molar-refractivity contribution in [1.82, 2.24) is 9.97 Å². The lowest BCUT2D eigenvalue weighted by Crippen LogP contribution is -1.88. The Kier molecular flexibility index (Phi) is 3.97. The van der Waals surface area contributed by atoms with Crippen molar-refractivity contribution in [3.8, 4) is 22.0 Å². The zero-order valence-corrected chi connectivity index (χ0v) is 12.7. The van der Waals surface area contributed by atoms with Gasteiger partial charge in [-0.15, -0.1) is 11.3 Å². The predicted molar refractivity (Wildman–Crippen MR) is 89.2 cm³/mol. The minimum atomic E-state index is 0.767. The van der Waals surface area contributed by atoms with Gasteiger partial charge in [0.15, 0.2) is 0 Å². The number of hydrogen-bond donors (Lipinski definition) is 1. The standard InChI is InChI=1S/C17H17N3S/c1-2-3-12-8-9-19-15(10-12)17-20-16(11-21-17)13-4-6-14(18)7-5-13/h4-11H,2-3,18H2,1H3. The van der Waals surface area contributed by atoms with E-state index in [4.69, 9.17) is 10.7 Å². The summed E-state index contributed by atoms with van der Waals surface area (Å²) >= 11 is 1.62. The molecular formula is C17H17N3S. The zero-order valence-electron chi connectivity index (χ0n) is 11.9. The van der Waals surface area contributed by atoms with Crippen LogP contribution in [0.1, 0.15) is 18.9 Å². The third-order valence-corrected chi connectivity index (χ3v) is 4.16. The molecule has 1 aromatic carbocycles. The fraction of sp³-hybridized carbons (Fsp3) is 0.176. The van der Waals surface area contributed by atoms with Crippen LogP contribution in [0.25, 0.3) is 22.0 Å². The van der Waals surface area contributed by atoms with Gasteiger partial charge in [0.25, 0.3) is 0 Å². The first kappa shape index (κ1) is 13.8. The highest BCUT2D eigenvalue weighted by Crippen LogP contribution is 2.28. The van der Waals surface area contributed by atoms with Crippen molar-refractivity contribution in [2.24, 2.45) is 0 Å². The van der Waals surface area contributed by atoms with Crippen molar-refractivity contribution < 1.29 is 0 Å². The minimum absolute atomic E-state index is 0.767. The summed E-state index contributed by atoms with van der Waals surface area (Å²) in [7, 11) is 0. The topological polar surface area (TPSA) is 51.8 Å². The molecule has 0 amide bonds. The van der Waals surface area contributed by atoms with Gasteiger partial charge >= 0.3 is 0 Å². The van der Waals surface area contributed by atoms with Crippen LogP contribution in [0.5, 0.6) is 0 Å². The van der Waals surface area contributed by atoms with Crippen LogP contribution < -0.4 is 5.73 Å². The van der Waals surface area contributed by atoms with Gasteiger partial charge < -0.3 is 5.73 Å². The summed E-state index contributed by atoms with van der Waals surface area (Å²) in [6.45, 7) is 2.18. The van der Waals surface area contributed by atoms with E-state index in [2.05, 4.69) is 29.4 Å². The van der Waals surface area contributed by atoms with Gasteiger partial charge in [0.2, 0.25) is 0 Å². The van der Waals surface area contributed by atoms with Crippen molar-refractivity contribution in [3.05, 3.63) is 53.5 Å². The molecular weight excluding hydrogens is 278 g/mol. The van der Waals surface area contributed by atoms with Gasteiger partial charge in [-0.25, -0.2) is 4.98 Å². The van der Waals surface area contributed by atoms with Crippen LogP contribution in [0, 0.1) is 0 Å². The van der Waals surface area contributed by atoms with Gasteiger partial charge in [-0.1, -0.05) is 25.5 Å². The monoisotopic (exact) mass is 295 g/mol. The highest BCUT2D eigenvalue weighted by molar-refractivity contribution is 7.13. The molecule has 4 heteroatoms. The first-order valence-electron chi connectivity index (χ1n) is 7.03. The summed E-state index contributed by atoms with van der Waals surface area (Å²) in [6.07, 6.45) is 4.08. The van der Waals surface area contributed by atoms with Crippen molar-refractivity contribution in [1.29, 1.82) is 0 Å². The smallest absolute Gasteiger partial charge is 0.142 e. The van der Waals surface area contributed by atoms with E-state index in [-0.39, 0.29) is 0 Å². The Morgan fingerprint density at radius 3 is 2.67 bits per heavy atom. The third kappa shape index (κ3) is 3.11. The second-order valence-electron chi connectivity index (χ2n) is 4.96. The molecule has 0 fully saturated rings. The van der Waals surface area contributed by atoms with Crippen molar-refractivity contribution in [2.45, 2.75) is 19.8 Å². The van der Waals surface area contributed by atoms with Gasteiger partial charge in [0.1, 0.15) is 5.01 Å². The van der Waals surface area contributed by atoms with E-state index in [1.165, 1.54) is 5.56 Å². The van der Waals surface area contributed by atoms with Crippen LogP contribution in [0.4, 0.5) is 5.69 Å². The number of aryl methyl sites for hydroxylation is 1. The summed E-state index contributed by atoms with van der Waals surface area (Å²) in [5, 5.41) is 3.02. The maximum absolute atomic E-state index is 5.72. The first-order valence-corrected chi connectivity index (χ1v) is 7.91. The second kappa shape index (κ2) is 6.06. The molecule has 0 aliphatic rings. The van der Waals surface area contributed by atoms with Gasteiger partial charge in [-0.05, 0) is 36.2 Å². The maximum atomic E-state index is 5.72. The van der Waals surface area contributed by atoms with Crippen LogP contribution in [0.2, 0.25) is 0 Å². The summed E-state index contributed by atoms with van der Waals surface area (Å²) < 4.78 is 0. The lowest BCUT2D eigenvalue weighted by molar-refractivity contribution is 0.919. The number of hydrogen-bond acceptors (Lipinski definition) is 4. The third-order valence-electron chi connectivity index (χ3n) is 3.29. The molecule has 106 valence electrons. The number of thiazole rings is 1. The molecule has 0 aliphatic heterocycles. The van der Waals surface area contributed by atoms with E-state index in [9.17, 15) is 0 Å². The number of anilines is 1. The molecule has 3 rings (SSSR count). The molecule has 0 spiro atoms. The first-order chi connectivity index (χ1) is 10.3. The summed E-state index contributed by atoms with van der Waals surface area (Å²) in [4.78, 5) is 9.14. The van der Waals surface area contributed by atoms with E-state index in [1.807, 2.05) is 30.5 Å². The van der Waals surface area contributed by atoms with Crippen LogP contribution in [0.3, 0.4) is 0 Å². The van der Waals surface area contributed by atoms with Crippen LogP contribution >= 0.6 is 11.3 Å². The molecule has 2 heterocycles. The van der Waals surface area contributed by atoms with E-state index in [0.29, 0.717) is 0 Å². The van der Waals surface area contributed by atoms with E-state index in [0.717, 1.165) is 40.5 Å². The lowest BCUT2D eigenvalue weighted by atomic mass is 10.1. The minimum Gasteiger partial charge on any atom is -0.399 e. The van der Waals surface area contributed by atoms with Crippen molar-refractivity contribution in [3.63, 3.8) is 0 Å². The molecule has 0 radical (unpaired) electrons. The van der Waals surface area contributed by atoms with Crippen molar-refractivity contribution in [2.75, 3.05) is 5.73 Å². The number of pyridine rings is 1. The molecule has 0 atom stereocenters. The number of benzene rings is 1. The molecule has 0 saturated heterocycles. The highest BCUT2D eigenvalue weighted by atomic mass is 32.1. The quantitative estimate of drug-likeness (QED) is 0.725. The molecule has 3 nitrogen and oxygen atoms in total. The number of aromatic nitrogens is 2. The SMILES string of the molecule is CCCc1ccnc(-c2nc(-c3ccc(N)cc3)cs2)c1. The molecule has 0 saturated carbocycles. The summed E-state index contributed by atoms with van der Waals surface area (Å²) in [5.74, 6) is 0. The highest BCUT2D eigenvalue weighted by Gasteiger charge is 2.08. The average molecular weight is 295 g/mol. The Morgan fingerprint density at radius 2 is 1.90 bits per heavy atom. The predicted octanol–water partition coefficient (Wildman–Crippen LogP) is 4.41. The number of rotatable bonds is 4. The number of nitrogens with zero attached hydrogens (tertiary/aromatic N) is 2. The maximum Gasteiger partial charge on any atom is 0.142 e. The zero-order chi connectivity index (χ0) is 14.7. The van der Waals surface area contributed by atoms with Gasteiger partial charge in [-0.3, -0.25) is 4.98 Å². The normalized spacial score (nSPS) is 10.7. The fourth-order valence-corrected chi connectivity index (χ4v) is 3.01. The molecule has 21 heavy (non-hydrogen) atoms. The second-order valence-corrected chi connectivity index (χ2v) is 5.82. The number of nitrogens with two attached hydrogens (primary N) is 1. The Balaban J connectivity index is 1.91. The molecule has 3 aromatic rings. The largest absolute Gasteiger partial charge is 0.399 e. The van der Waals surface area contributed by atoms with Crippen molar-refractivity contribution >= 4 is 17.0 Å². The molecule has 2 N–H and O–H groups in total. The Labute approximate surface area is 128 Å². The van der Waals surface area contributed by atoms with Crippen LogP contribution in [-0.2, 0) is 6.42 Å². The van der Waals surface area contributed by atoms with Gasteiger partial charge in [0.05, 0.1) is 11.4 Å². The fourth-order valence-electron chi connectivity index (χ4n) is 2.21. The Bertz CT molecular complexity index is 732.